The van der Waals surface area contributed by atoms with E-state index in [1.807, 2.05) is 10.7 Å². The molecule has 0 spiro atoms. The van der Waals surface area contributed by atoms with Crippen LogP contribution in [0.25, 0.3) is 0 Å². The minimum Gasteiger partial charge on any atom is -0.395 e. The summed E-state index contributed by atoms with van der Waals surface area (Å²) in [7, 11) is 0. The van der Waals surface area contributed by atoms with Gasteiger partial charge in [0, 0.05) is 32.7 Å². The van der Waals surface area contributed by atoms with Gasteiger partial charge in [-0.3, -0.25) is 14.4 Å². The first-order valence-corrected chi connectivity index (χ1v) is 9.86. The van der Waals surface area contributed by atoms with Crippen LogP contribution in [-0.2, 0) is 13.1 Å². The van der Waals surface area contributed by atoms with Crippen LogP contribution in [0.15, 0.2) is 17.7 Å². The molecule has 1 aromatic rings. The average Bonchev–Trinajstić information content (AvgIpc) is 2.93. The third-order valence-corrected chi connectivity index (χ3v) is 6.71. The first-order chi connectivity index (χ1) is 12.5. The molecule has 2 bridgehead atoms. The summed E-state index contributed by atoms with van der Waals surface area (Å²) < 4.78 is 1.98. The van der Waals surface area contributed by atoms with Crippen LogP contribution in [0, 0.1) is 17.3 Å². The first kappa shape index (κ1) is 17.7. The summed E-state index contributed by atoms with van der Waals surface area (Å²) in [6.45, 7) is 8.87. The summed E-state index contributed by atoms with van der Waals surface area (Å²) >= 11 is 0. The van der Waals surface area contributed by atoms with E-state index in [4.69, 9.17) is 5.11 Å². The van der Waals surface area contributed by atoms with Crippen LogP contribution in [-0.4, -0.2) is 51.9 Å². The van der Waals surface area contributed by atoms with Crippen molar-refractivity contribution in [1.29, 1.82) is 0 Å². The summed E-state index contributed by atoms with van der Waals surface area (Å²) in [6.07, 6.45) is 6.13. The maximum Gasteiger partial charge on any atom is 0.271 e. The average molecular weight is 358 g/mol. The fourth-order valence-corrected chi connectivity index (χ4v) is 4.95. The molecule has 6 nitrogen and oxygen atoms in total. The van der Waals surface area contributed by atoms with E-state index in [1.54, 1.807) is 5.57 Å². The van der Waals surface area contributed by atoms with Gasteiger partial charge < -0.3 is 10.4 Å². The number of carbonyl (C=O) groups excluding carboxylic acids is 1. The van der Waals surface area contributed by atoms with Crippen molar-refractivity contribution in [2.45, 2.75) is 46.2 Å². The lowest BCUT2D eigenvalue weighted by Crippen LogP contribution is -2.49. The first-order valence-electron chi connectivity index (χ1n) is 9.86. The molecule has 3 aliphatic carbocycles. The van der Waals surface area contributed by atoms with Crippen molar-refractivity contribution in [2.24, 2.45) is 17.3 Å². The van der Waals surface area contributed by atoms with Crippen molar-refractivity contribution < 1.29 is 9.90 Å². The Kier molecular flexibility index (Phi) is 4.65. The second kappa shape index (κ2) is 6.82. The zero-order chi connectivity index (χ0) is 18.3. The topological polar surface area (TPSA) is 70.4 Å². The van der Waals surface area contributed by atoms with Crippen molar-refractivity contribution in [3.8, 4) is 0 Å². The fraction of sp³-hybridized carbons (Fsp3) is 0.700. The molecule has 2 N–H and O–H groups in total. The molecule has 1 fully saturated rings. The number of aliphatic hydroxyl groups is 1. The Balaban J connectivity index is 1.44. The number of hydrogen-bond acceptors (Lipinski definition) is 4. The molecule has 1 amide bonds. The number of hydrogen-bond donors (Lipinski definition) is 2. The van der Waals surface area contributed by atoms with Crippen molar-refractivity contribution >= 4 is 5.91 Å². The number of nitrogens with zero attached hydrogens (tertiary/aromatic N) is 3. The molecule has 26 heavy (non-hydrogen) atoms. The van der Waals surface area contributed by atoms with Gasteiger partial charge in [-0.15, -0.1) is 0 Å². The molecule has 0 saturated heterocycles. The second-order valence-electron chi connectivity index (χ2n) is 8.61. The van der Waals surface area contributed by atoms with Gasteiger partial charge in [-0.25, -0.2) is 0 Å². The number of aliphatic hydroxyl groups excluding tert-OH is 1. The van der Waals surface area contributed by atoms with Crippen LogP contribution in [0.5, 0.6) is 0 Å². The summed E-state index contributed by atoms with van der Waals surface area (Å²) in [5, 5.41) is 16.0. The number of amides is 1. The zero-order valence-electron chi connectivity index (χ0n) is 15.9. The standard InChI is InChI=1S/C20H30N4O2/c1-20(2)15-5-4-14(17(20)10-15)12-23-7-3-8-24-16(13-23)11-18(22-24)19(26)21-6-9-25/h4,11,15,17,25H,3,5-10,12-13H2,1-2H3,(H,21,26)/t15-,17-/m1/s1. The fourth-order valence-electron chi connectivity index (χ4n) is 4.95. The summed E-state index contributed by atoms with van der Waals surface area (Å²) in [5.41, 5.74) is 3.65. The van der Waals surface area contributed by atoms with Crippen LogP contribution < -0.4 is 5.32 Å². The molecule has 142 valence electrons. The lowest BCUT2D eigenvalue weighted by molar-refractivity contribution is -0.0108. The molecule has 1 aliphatic heterocycles. The van der Waals surface area contributed by atoms with Gasteiger partial charge in [-0.2, -0.15) is 5.10 Å². The van der Waals surface area contributed by atoms with Gasteiger partial charge in [0.1, 0.15) is 5.69 Å². The van der Waals surface area contributed by atoms with Crippen LogP contribution in [0.2, 0.25) is 0 Å². The summed E-state index contributed by atoms with van der Waals surface area (Å²) in [6, 6.07) is 1.91. The Labute approximate surface area is 155 Å². The van der Waals surface area contributed by atoms with E-state index in [0.717, 1.165) is 50.1 Å². The smallest absolute Gasteiger partial charge is 0.271 e. The second-order valence-corrected chi connectivity index (χ2v) is 8.61. The van der Waals surface area contributed by atoms with Gasteiger partial charge in [-0.05, 0) is 42.6 Å². The molecular formula is C20H30N4O2. The number of aromatic nitrogens is 2. The van der Waals surface area contributed by atoms with Gasteiger partial charge in [0.15, 0.2) is 0 Å². The Hall–Kier alpha value is -1.66. The quantitative estimate of drug-likeness (QED) is 0.788. The maximum atomic E-state index is 12.1. The molecule has 0 unspecified atom stereocenters. The van der Waals surface area contributed by atoms with E-state index < -0.39 is 0 Å². The summed E-state index contributed by atoms with van der Waals surface area (Å²) in [4.78, 5) is 14.6. The van der Waals surface area contributed by atoms with E-state index in [9.17, 15) is 4.79 Å². The zero-order valence-corrected chi connectivity index (χ0v) is 15.9. The number of carbonyl (C=O) groups is 1. The van der Waals surface area contributed by atoms with Gasteiger partial charge in [0.05, 0.1) is 12.3 Å². The van der Waals surface area contributed by atoms with Gasteiger partial charge in [-0.1, -0.05) is 25.5 Å². The van der Waals surface area contributed by atoms with Crippen molar-refractivity contribution in [3.63, 3.8) is 0 Å². The van der Waals surface area contributed by atoms with E-state index in [-0.39, 0.29) is 19.1 Å². The molecule has 4 aliphatic rings. The number of fused-ring (bicyclic) bond motifs is 2. The lowest BCUT2D eigenvalue weighted by atomic mass is 9.49. The Morgan fingerprint density at radius 2 is 2.27 bits per heavy atom. The molecule has 1 saturated carbocycles. The van der Waals surface area contributed by atoms with Gasteiger partial charge >= 0.3 is 0 Å². The number of allylic oxidation sites excluding steroid dienone is 1. The molecule has 6 heteroatoms. The van der Waals surface area contributed by atoms with Crippen molar-refractivity contribution in [1.82, 2.24) is 20.0 Å². The lowest BCUT2D eigenvalue weighted by Gasteiger charge is -2.57. The van der Waals surface area contributed by atoms with Crippen molar-refractivity contribution in [3.05, 3.63) is 29.1 Å². The minimum atomic E-state index is -0.205. The molecule has 0 radical (unpaired) electrons. The molecular weight excluding hydrogens is 328 g/mol. The third-order valence-electron chi connectivity index (χ3n) is 6.71. The van der Waals surface area contributed by atoms with Gasteiger partial charge in [0.2, 0.25) is 0 Å². The van der Waals surface area contributed by atoms with E-state index in [2.05, 4.69) is 35.2 Å². The summed E-state index contributed by atoms with van der Waals surface area (Å²) in [5.74, 6) is 1.42. The van der Waals surface area contributed by atoms with Crippen LogP contribution in [0.4, 0.5) is 0 Å². The number of rotatable bonds is 5. The highest BCUT2D eigenvalue weighted by Crippen LogP contribution is 2.59. The Morgan fingerprint density at radius 3 is 3.00 bits per heavy atom. The molecule has 2 atom stereocenters. The van der Waals surface area contributed by atoms with E-state index in [0.29, 0.717) is 11.1 Å². The highest BCUT2D eigenvalue weighted by Gasteiger charge is 2.51. The molecule has 2 heterocycles. The van der Waals surface area contributed by atoms with Crippen LogP contribution in [0.3, 0.4) is 0 Å². The maximum absolute atomic E-state index is 12.1. The third kappa shape index (κ3) is 3.09. The van der Waals surface area contributed by atoms with E-state index >= 15 is 0 Å². The van der Waals surface area contributed by atoms with Crippen LogP contribution >= 0.6 is 0 Å². The Bertz CT molecular complexity index is 721. The molecule has 5 rings (SSSR count). The van der Waals surface area contributed by atoms with Gasteiger partial charge in [0.25, 0.3) is 5.91 Å². The predicted molar refractivity (Wildman–Crippen MR) is 99.6 cm³/mol. The van der Waals surface area contributed by atoms with Crippen molar-refractivity contribution in [2.75, 3.05) is 26.2 Å². The normalized spacial score (nSPS) is 27.1. The highest BCUT2D eigenvalue weighted by molar-refractivity contribution is 5.92. The monoisotopic (exact) mass is 358 g/mol. The Morgan fingerprint density at radius 1 is 1.42 bits per heavy atom. The van der Waals surface area contributed by atoms with E-state index in [1.165, 1.54) is 12.8 Å². The minimum absolute atomic E-state index is 0.0550. The molecule has 1 aromatic heterocycles. The number of aryl methyl sites for hydroxylation is 1. The largest absolute Gasteiger partial charge is 0.395 e. The SMILES string of the molecule is CC1(C)[C@@H]2CC=C(CN3CCCn4nc(C(=O)NCCO)cc4C3)[C@H]1C2. The highest BCUT2D eigenvalue weighted by atomic mass is 16.3. The number of nitrogens with one attached hydrogen (secondary N) is 1. The molecule has 0 aromatic carbocycles. The predicted octanol–water partition coefficient (Wildman–Crippen LogP) is 1.80. The van der Waals surface area contributed by atoms with Crippen LogP contribution in [0.1, 0.15) is 49.3 Å².